The molecule has 5 rings (SSSR count). The number of Topliss-reactive ketones (excluding diaryl/α,β-unsaturated/α-hetero) is 1. The molecule has 0 aliphatic carbocycles. The molecule has 0 bridgehead atoms. The van der Waals surface area contributed by atoms with Crippen molar-refractivity contribution in [2.45, 2.75) is 45.8 Å². The molecule has 176 valence electrons. The van der Waals surface area contributed by atoms with E-state index >= 15 is 0 Å². The maximum atomic E-state index is 14.3. The molecular weight excluding hydrogens is 453 g/mol. The van der Waals surface area contributed by atoms with Crippen LogP contribution in [0.1, 0.15) is 37.6 Å². The minimum absolute atomic E-state index is 0.0439. The molecular formula is C25H26FN5O2S. The summed E-state index contributed by atoms with van der Waals surface area (Å²) in [6, 6.07) is 7.17. The van der Waals surface area contributed by atoms with Crippen molar-refractivity contribution >= 4 is 49.1 Å². The third-order valence-corrected chi connectivity index (χ3v) is 6.99. The molecule has 1 aliphatic rings. The fourth-order valence-corrected chi connectivity index (χ4v) is 5.21. The fraction of sp³-hybridized carbons (Fsp3) is 0.360. The zero-order chi connectivity index (χ0) is 23.9. The van der Waals surface area contributed by atoms with E-state index in [2.05, 4.69) is 40.5 Å². The predicted molar refractivity (Wildman–Crippen MR) is 133 cm³/mol. The zero-order valence-corrected chi connectivity index (χ0v) is 20.2. The Bertz CT molecular complexity index is 1400. The van der Waals surface area contributed by atoms with E-state index in [0.29, 0.717) is 25.3 Å². The molecule has 0 saturated carbocycles. The van der Waals surface area contributed by atoms with E-state index in [1.54, 1.807) is 23.7 Å². The van der Waals surface area contributed by atoms with E-state index in [4.69, 9.17) is 9.72 Å². The van der Waals surface area contributed by atoms with Gasteiger partial charge in [-0.3, -0.25) is 4.79 Å². The Morgan fingerprint density at radius 1 is 1.24 bits per heavy atom. The number of halogens is 1. The highest BCUT2D eigenvalue weighted by Crippen LogP contribution is 2.38. The summed E-state index contributed by atoms with van der Waals surface area (Å²) < 4.78 is 21.2. The average Bonchev–Trinajstić information content (AvgIpc) is 3.14. The number of aromatic nitrogens is 3. The van der Waals surface area contributed by atoms with E-state index in [0.717, 1.165) is 49.5 Å². The minimum atomic E-state index is -0.366. The van der Waals surface area contributed by atoms with Crippen LogP contribution < -0.4 is 10.6 Å². The Hall–Kier alpha value is -3.17. The number of ether oxygens (including phenoxy) is 1. The highest BCUT2D eigenvalue weighted by molar-refractivity contribution is 7.25. The topological polar surface area (TPSA) is 89.0 Å². The first-order chi connectivity index (χ1) is 16.3. The lowest BCUT2D eigenvalue weighted by Crippen LogP contribution is -2.32. The van der Waals surface area contributed by atoms with Gasteiger partial charge in [-0.2, -0.15) is 0 Å². The summed E-state index contributed by atoms with van der Waals surface area (Å²) in [5.41, 5.74) is 4.06. The first kappa shape index (κ1) is 22.6. The highest BCUT2D eigenvalue weighted by atomic mass is 32.1. The van der Waals surface area contributed by atoms with Crippen molar-refractivity contribution in [3.63, 3.8) is 0 Å². The van der Waals surface area contributed by atoms with Crippen molar-refractivity contribution < 1.29 is 13.9 Å². The molecule has 4 aromatic rings. The second kappa shape index (κ2) is 8.88. The number of hydrogen-bond donors (Lipinski definition) is 2. The molecule has 0 fully saturated rings. The quantitative estimate of drug-likeness (QED) is 0.390. The van der Waals surface area contributed by atoms with E-state index < -0.39 is 0 Å². The van der Waals surface area contributed by atoms with Crippen LogP contribution in [0.4, 0.5) is 15.9 Å². The van der Waals surface area contributed by atoms with Crippen LogP contribution in [0.2, 0.25) is 0 Å². The van der Waals surface area contributed by atoms with Gasteiger partial charge in [-0.05, 0) is 51.0 Å². The van der Waals surface area contributed by atoms with Crippen LogP contribution in [0.5, 0.6) is 0 Å². The molecule has 4 heterocycles. The number of carbonyl (C=O) groups excluding carboxylic acids is 1. The number of anilines is 2. The SMILES string of the molecule is CC(=O)CNc1ccc(CCNc2ncnc3c2sc2nc4c(cc23)COC(C)(C)C4)cc1F. The van der Waals surface area contributed by atoms with Gasteiger partial charge in [0.15, 0.2) is 0 Å². The molecule has 0 radical (unpaired) electrons. The lowest BCUT2D eigenvalue weighted by molar-refractivity contribution is -0.115. The standard InChI is InChI=1S/C25H26FN5O2S/c1-14(32)11-28-19-5-4-15(8-18(19)26)6-7-27-23-22-21(29-13-30-23)17-9-16-12-33-25(2,3)10-20(16)31-24(17)34-22/h4-5,8-9,13,28H,6-7,10-12H2,1-3H3,(H,27,29,30). The van der Waals surface area contributed by atoms with E-state index in [1.807, 2.05) is 6.07 Å². The molecule has 1 aromatic carbocycles. The third-order valence-electron chi connectivity index (χ3n) is 5.89. The Labute approximate surface area is 200 Å². The van der Waals surface area contributed by atoms with Gasteiger partial charge in [0.05, 0.1) is 40.4 Å². The lowest BCUT2D eigenvalue weighted by atomic mass is 9.95. The van der Waals surface area contributed by atoms with E-state index in [1.165, 1.54) is 13.0 Å². The summed E-state index contributed by atoms with van der Waals surface area (Å²) in [7, 11) is 0. The maximum Gasteiger partial charge on any atom is 0.148 e. The molecule has 7 nitrogen and oxygen atoms in total. The summed E-state index contributed by atoms with van der Waals surface area (Å²) in [5, 5.41) is 7.20. The Morgan fingerprint density at radius 2 is 2.09 bits per heavy atom. The minimum Gasteiger partial charge on any atom is -0.376 e. The normalized spacial score (nSPS) is 14.8. The molecule has 0 unspecified atom stereocenters. The first-order valence-corrected chi connectivity index (χ1v) is 12.1. The number of hydrogen-bond acceptors (Lipinski definition) is 8. The number of pyridine rings is 1. The van der Waals surface area contributed by atoms with Gasteiger partial charge in [-0.25, -0.2) is 19.3 Å². The second-order valence-electron chi connectivity index (χ2n) is 9.22. The van der Waals surface area contributed by atoms with Gasteiger partial charge in [0.1, 0.15) is 28.6 Å². The largest absolute Gasteiger partial charge is 0.376 e. The van der Waals surface area contributed by atoms with Gasteiger partial charge in [-0.1, -0.05) is 6.07 Å². The van der Waals surface area contributed by atoms with Gasteiger partial charge in [0.2, 0.25) is 0 Å². The molecule has 1 aliphatic heterocycles. The van der Waals surface area contributed by atoms with Crippen LogP contribution in [0.15, 0.2) is 30.6 Å². The number of thiophene rings is 1. The van der Waals surface area contributed by atoms with Gasteiger partial charge < -0.3 is 15.4 Å². The Balaban J connectivity index is 1.33. The average molecular weight is 480 g/mol. The summed E-state index contributed by atoms with van der Waals surface area (Å²) >= 11 is 1.58. The fourth-order valence-electron chi connectivity index (χ4n) is 4.11. The monoisotopic (exact) mass is 479 g/mol. The Morgan fingerprint density at radius 3 is 2.88 bits per heavy atom. The van der Waals surface area contributed by atoms with Crippen LogP contribution >= 0.6 is 11.3 Å². The van der Waals surface area contributed by atoms with E-state index in [-0.39, 0.29) is 23.7 Å². The predicted octanol–water partition coefficient (Wildman–Crippen LogP) is 4.89. The Kier molecular flexibility index (Phi) is 5.91. The van der Waals surface area contributed by atoms with Crippen molar-refractivity contribution in [1.82, 2.24) is 15.0 Å². The maximum absolute atomic E-state index is 14.3. The number of benzene rings is 1. The number of rotatable bonds is 7. The number of carbonyl (C=O) groups is 1. The molecule has 0 spiro atoms. The van der Waals surface area contributed by atoms with Crippen molar-refractivity contribution in [2.24, 2.45) is 0 Å². The molecule has 2 N–H and O–H groups in total. The van der Waals surface area contributed by atoms with Crippen molar-refractivity contribution in [3.8, 4) is 0 Å². The number of fused-ring (bicyclic) bond motifs is 4. The van der Waals surface area contributed by atoms with Crippen molar-refractivity contribution in [1.29, 1.82) is 0 Å². The lowest BCUT2D eigenvalue weighted by Gasteiger charge is -2.30. The molecule has 34 heavy (non-hydrogen) atoms. The number of ketones is 1. The van der Waals surface area contributed by atoms with Crippen LogP contribution in [0.3, 0.4) is 0 Å². The molecule has 0 atom stereocenters. The van der Waals surface area contributed by atoms with Crippen LogP contribution in [0.25, 0.3) is 20.4 Å². The first-order valence-electron chi connectivity index (χ1n) is 11.2. The zero-order valence-electron chi connectivity index (χ0n) is 19.4. The van der Waals surface area contributed by atoms with Gasteiger partial charge in [-0.15, -0.1) is 11.3 Å². The number of nitrogens with zero attached hydrogens (tertiary/aromatic N) is 3. The molecule has 9 heteroatoms. The van der Waals surface area contributed by atoms with Crippen LogP contribution in [0, 0.1) is 5.82 Å². The molecule has 0 saturated heterocycles. The summed E-state index contributed by atoms with van der Waals surface area (Å²) in [5.74, 6) is 0.343. The summed E-state index contributed by atoms with van der Waals surface area (Å²) in [6.07, 6.45) is 2.97. The highest BCUT2D eigenvalue weighted by Gasteiger charge is 2.28. The smallest absolute Gasteiger partial charge is 0.148 e. The third kappa shape index (κ3) is 4.58. The van der Waals surface area contributed by atoms with E-state index in [9.17, 15) is 9.18 Å². The summed E-state index contributed by atoms with van der Waals surface area (Å²) in [6.45, 7) is 6.89. The van der Waals surface area contributed by atoms with Gasteiger partial charge in [0, 0.05) is 23.9 Å². The second-order valence-corrected chi connectivity index (χ2v) is 10.2. The van der Waals surface area contributed by atoms with Crippen LogP contribution in [-0.2, 0) is 29.0 Å². The van der Waals surface area contributed by atoms with Gasteiger partial charge in [0.25, 0.3) is 0 Å². The van der Waals surface area contributed by atoms with Crippen LogP contribution in [-0.4, -0.2) is 39.4 Å². The van der Waals surface area contributed by atoms with Crippen molar-refractivity contribution in [3.05, 3.63) is 53.2 Å². The van der Waals surface area contributed by atoms with Gasteiger partial charge >= 0.3 is 0 Å². The molecule has 0 amide bonds. The molecule has 3 aromatic heterocycles. The van der Waals surface area contributed by atoms with Crippen molar-refractivity contribution in [2.75, 3.05) is 23.7 Å². The number of nitrogens with one attached hydrogen (secondary N) is 2. The summed E-state index contributed by atoms with van der Waals surface area (Å²) in [4.78, 5) is 26.0.